The predicted molar refractivity (Wildman–Crippen MR) is 83.2 cm³/mol. The van der Waals surface area contributed by atoms with Gasteiger partial charge in [0.1, 0.15) is 5.82 Å². The first kappa shape index (κ1) is 16.3. The van der Waals surface area contributed by atoms with E-state index >= 15 is 0 Å². The van der Waals surface area contributed by atoms with E-state index in [0.717, 1.165) is 23.4 Å². The van der Waals surface area contributed by atoms with E-state index in [1.165, 1.54) is 6.07 Å². The molecule has 126 valence electrons. The molecule has 0 saturated heterocycles. The Balaban J connectivity index is 1.98. The molecule has 0 amide bonds. The Morgan fingerprint density at radius 2 is 1.96 bits per heavy atom. The molecule has 3 aromatic rings. The fraction of sp³-hybridized carbons (Fsp3) is 0.312. The highest BCUT2D eigenvalue weighted by molar-refractivity contribution is 5.54. The van der Waals surface area contributed by atoms with Crippen molar-refractivity contribution < 1.29 is 13.9 Å². The maximum atomic E-state index is 13.4. The molecule has 2 heterocycles. The number of benzene rings is 1. The van der Waals surface area contributed by atoms with E-state index in [2.05, 4.69) is 15.2 Å². The maximum Gasteiger partial charge on any atom is 0.181 e. The number of rotatable bonds is 5. The van der Waals surface area contributed by atoms with Gasteiger partial charge in [-0.15, -0.1) is 0 Å². The van der Waals surface area contributed by atoms with E-state index in [1.807, 2.05) is 20.2 Å². The summed E-state index contributed by atoms with van der Waals surface area (Å²) in [5, 5.41) is 17.8. The quantitative estimate of drug-likeness (QED) is 0.774. The van der Waals surface area contributed by atoms with Crippen molar-refractivity contribution in [3.05, 3.63) is 53.1 Å². The zero-order valence-electron chi connectivity index (χ0n) is 13.4. The number of aliphatic hydroxyl groups is 1. The fourth-order valence-electron chi connectivity index (χ4n) is 2.53. The van der Waals surface area contributed by atoms with E-state index in [0.29, 0.717) is 23.6 Å². The van der Waals surface area contributed by atoms with Gasteiger partial charge in [-0.05, 0) is 25.1 Å². The lowest BCUT2D eigenvalue weighted by molar-refractivity contribution is 0.267. The van der Waals surface area contributed by atoms with Crippen LogP contribution in [0.5, 0.6) is 0 Å². The third kappa shape index (κ3) is 3.18. The molecule has 3 rings (SSSR count). The molecule has 0 radical (unpaired) electrons. The number of hydrogen-bond acceptors (Lipinski definition) is 4. The first-order valence-corrected chi connectivity index (χ1v) is 7.47. The van der Waals surface area contributed by atoms with Gasteiger partial charge in [0, 0.05) is 30.8 Å². The van der Waals surface area contributed by atoms with Crippen molar-refractivity contribution in [2.45, 2.75) is 19.9 Å². The van der Waals surface area contributed by atoms with Crippen LogP contribution in [0.1, 0.15) is 17.1 Å². The minimum atomic E-state index is -0.948. The Morgan fingerprint density at radius 1 is 1.17 bits per heavy atom. The zero-order chi connectivity index (χ0) is 17.3. The standard InChI is InChI=1S/C16H17F2N5O/c1-10-12(9-22(2)20-10)8-15-19-16(21-23(15)5-6-24)11-3-4-13(17)14(18)7-11/h3-4,7,9,24H,5-6,8H2,1-2H3. The van der Waals surface area contributed by atoms with Crippen molar-refractivity contribution in [1.29, 1.82) is 0 Å². The average molecular weight is 333 g/mol. The Morgan fingerprint density at radius 3 is 2.58 bits per heavy atom. The fourth-order valence-corrected chi connectivity index (χ4v) is 2.53. The number of hydrogen-bond donors (Lipinski definition) is 1. The molecule has 0 saturated carbocycles. The summed E-state index contributed by atoms with van der Waals surface area (Å²) in [5.41, 5.74) is 2.25. The smallest absolute Gasteiger partial charge is 0.181 e. The van der Waals surface area contributed by atoms with Crippen LogP contribution < -0.4 is 0 Å². The van der Waals surface area contributed by atoms with Gasteiger partial charge in [0.2, 0.25) is 0 Å². The molecular formula is C16H17F2N5O. The van der Waals surface area contributed by atoms with Crippen molar-refractivity contribution in [1.82, 2.24) is 24.5 Å². The third-order valence-electron chi connectivity index (χ3n) is 3.70. The van der Waals surface area contributed by atoms with Gasteiger partial charge in [-0.3, -0.25) is 4.68 Å². The highest BCUT2D eigenvalue weighted by atomic mass is 19.2. The number of aliphatic hydroxyl groups excluding tert-OH is 1. The van der Waals surface area contributed by atoms with E-state index < -0.39 is 11.6 Å². The molecule has 0 unspecified atom stereocenters. The van der Waals surface area contributed by atoms with Crippen molar-refractivity contribution in [2.24, 2.45) is 7.05 Å². The monoisotopic (exact) mass is 333 g/mol. The van der Waals surface area contributed by atoms with Gasteiger partial charge in [-0.25, -0.2) is 18.4 Å². The van der Waals surface area contributed by atoms with Gasteiger partial charge in [0.15, 0.2) is 17.5 Å². The zero-order valence-corrected chi connectivity index (χ0v) is 13.4. The van der Waals surface area contributed by atoms with E-state index in [9.17, 15) is 13.9 Å². The highest BCUT2D eigenvalue weighted by Gasteiger charge is 2.15. The minimum Gasteiger partial charge on any atom is -0.394 e. The minimum absolute atomic E-state index is 0.0976. The summed E-state index contributed by atoms with van der Waals surface area (Å²) < 4.78 is 29.8. The van der Waals surface area contributed by atoms with Crippen LogP contribution in [0.3, 0.4) is 0 Å². The number of halogens is 2. The first-order chi connectivity index (χ1) is 11.5. The maximum absolute atomic E-state index is 13.4. The van der Waals surface area contributed by atoms with Gasteiger partial charge in [0.25, 0.3) is 0 Å². The highest BCUT2D eigenvalue weighted by Crippen LogP contribution is 2.20. The predicted octanol–water partition coefficient (Wildman–Crippen LogP) is 1.85. The number of nitrogens with zero attached hydrogens (tertiary/aromatic N) is 5. The average Bonchev–Trinajstić information content (AvgIpc) is 3.06. The van der Waals surface area contributed by atoms with E-state index in [4.69, 9.17) is 0 Å². The van der Waals surface area contributed by atoms with Crippen molar-refractivity contribution >= 4 is 0 Å². The lowest BCUT2D eigenvalue weighted by Gasteiger charge is -2.02. The van der Waals surface area contributed by atoms with Crippen LogP contribution in [-0.4, -0.2) is 36.3 Å². The molecule has 0 aliphatic rings. The summed E-state index contributed by atoms with van der Waals surface area (Å²) in [6, 6.07) is 3.53. The molecular weight excluding hydrogens is 316 g/mol. The van der Waals surface area contributed by atoms with Crippen molar-refractivity contribution in [3.63, 3.8) is 0 Å². The summed E-state index contributed by atoms with van der Waals surface area (Å²) in [6.45, 7) is 2.07. The van der Waals surface area contributed by atoms with Gasteiger partial charge in [-0.1, -0.05) is 0 Å². The third-order valence-corrected chi connectivity index (χ3v) is 3.70. The topological polar surface area (TPSA) is 68.8 Å². The SMILES string of the molecule is Cc1nn(C)cc1Cc1nc(-c2ccc(F)c(F)c2)nn1CCO. The van der Waals surface area contributed by atoms with Crippen LogP contribution in [-0.2, 0) is 20.0 Å². The number of aromatic nitrogens is 5. The molecule has 8 heteroatoms. The lowest BCUT2D eigenvalue weighted by Crippen LogP contribution is -2.09. The van der Waals surface area contributed by atoms with Crippen molar-refractivity contribution in [2.75, 3.05) is 6.61 Å². The summed E-state index contributed by atoms with van der Waals surface area (Å²) in [7, 11) is 1.83. The largest absolute Gasteiger partial charge is 0.394 e. The molecule has 0 aliphatic carbocycles. The second-order valence-electron chi connectivity index (χ2n) is 5.52. The molecule has 2 aromatic heterocycles. The molecule has 0 fully saturated rings. The van der Waals surface area contributed by atoms with Crippen molar-refractivity contribution in [3.8, 4) is 11.4 Å². The van der Waals surface area contributed by atoms with Crippen LogP contribution in [0, 0.1) is 18.6 Å². The van der Waals surface area contributed by atoms with Gasteiger partial charge in [0.05, 0.1) is 18.8 Å². The Bertz CT molecular complexity index is 871. The van der Waals surface area contributed by atoms with Gasteiger partial charge < -0.3 is 5.11 Å². The van der Waals surface area contributed by atoms with E-state index in [-0.39, 0.29) is 13.2 Å². The second kappa shape index (κ2) is 6.48. The summed E-state index contributed by atoms with van der Waals surface area (Å²) >= 11 is 0. The van der Waals surface area contributed by atoms with Crippen LogP contribution in [0.25, 0.3) is 11.4 Å². The Kier molecular flexibility index (Phi) is 4.39. The van der Waals surface area contributed by atoms with Gasteiger partial charge >= 0.3 is 0 Å². The summed E-state index contributed by atoms with van der Waals surface area (Å²) in [4.78, 5) is 4.43. The Hall–Kier alpha value is -2.61. The van der Waals surface area contributed by atoms with Gasteiger partial charge in [-0.2, -0.15) is 10.2 Å². The molecule has 0 bridgehead atoms. The molecule has 6 nitrogen and oxygen atoms in total. The molecule has 0 aliphatic heterocycles. The normalized spacial score (nSPS) is 11.2. The van der Waals surface area contributed by atoms with Crippen LogP contribution >= 0.6 is 0 Å². The molecule has 1 aromatic carbocycles. The van der Waals surface area contributed by atoms with Crippen LogP contribution in [0.2, 0.25) is 0 Å². The molecule has 0 atom stereocenters. The van der Waals surface area contributed by atoms with Crippen LogP contribution in [0.15, 0.2) is 24.4 Å². The Labute approximate surface area is 137 Å². The number of aryl methyl sites for hydroxylation is 2. The molecule has 0 spiro atoms. The van der Waals surface area contributed by atoms with Crippen LogP contribution in [0.4, 0.5) is 8.78 Å². The van der Waals surface area contributed by atoms with E-state index in [1.54, 1.807) is 9.36 Å². The summed E-state index contributed by atoms with van der Waals surface area (Å²) in [5.74, 6) is -0.950. The second-order valence-corrected chi connectivity index (χ2v) is 5.52. The molecule has 24 heavy (non-hydrogen) atoms. The summed E-state index contributed by atoms with van der Waals surface area (Å²) in [6.07, 6.45) is 2.38. The molecule has 1 N–H and O–H groups in total. The first-order valence-electron chi connectivity index (χ1n) is 7.47. The lowest BCUT2D eigenvalue weighted by atomic mass is 10.2.